The predicted octanol–water partition coefficient (Wildman–Crippen LogP) is 3.15. The number of hydrogen-bond acceptors (Lipinski definition) is 1. The van der Waals surface area contributed by atoms with Crippen molar-refractivity contribution in [2.75, 3.05) is 19.6 Å². The largest absolute Gasteiger partial charge is 0.299 e. The molecule has 0 fully saturated rings. The van der Waals surface area contributed by atoms with Crippen molar-refractivity contribution in [3.63, 3.8) is 0 Å². The van der Waals surface area contributed by atoms with E-state index in [9.17, 15) is 0 Å². The predicted molar refractivity (Wildman–Crippen MR) is 72.5 cm³/mol. The van der Waals surface area contributed by atoms with E-state index in [4.69, 9.17) is 0 Å². The highest BCUT2D eigenvalue weighted by Crippen LogP contribution is 2.36. The maximum absolute atomic E-state index is 3.88. The fourth-order valence-electron chi connectivity index (χ4n) is 3.52. The van der Waals surface area contributed by atoms with E-state index in [0.717, 1.165) is 12.5 Å². The first-order chi connectivity index (χ1) is 8.38. The summed E-state index contributed by atoms with van der Waals surface area (Å²) in [5.74, 6) is 0.775. The molecule has 0 radical (unpaired) electrons. The van der Waals surface area contributed by atoms with Gasteiger partial charge in [-0.1, -0.05) is 24.3 Å². The van der Waals surface area contributed by atoms with Crippen molar-refractivity contribution in [3.8, 4) is 0 Å². The SMILES string of the molecule is C=CCN1CCc2cccc3c2[C@H](CCC3)C1. The zero-order valence-electron chi connectivity index (χ0n) is 10.5. The Morgan fingerprint density at radius 3 is 2.94 bits per heavy atom. The Kier molecular flexibility index (Phi) is 3.02. The second kappa shape index (κ2) is 4.66. The van der Waals surface area contributed by atoms with Crippen molar-refractivity contribution in [3.05, 3.63) is 47.5 Å². The lowest BCUT2D eigenvalue weighted by atomic mass is 9.80. The van der Waals surface area contributed by atoms with Gasteiger partial charge in [0.15, 0.2) is 0 Å². The monoisotopic (exact) mass is 227 g/mol. The Bertz CT molecular complexity index is 422. The average Bonchev–Trinajstić information content (AvgIpc) is 2.53. The van der Waals surface area contributed by atoms with Crippen LogP contribution in [0.5, 0.6) is 0 Å². The third kappa shape index (κ3) is 2.04. The minimum Gasteiger partial charge on any atom is -0.299 e. The summed E-state index contributed by atoms with van der Waals surface area (Å²) >= 11 is 0. The van der Waals surface area contributed by atoms with Crippen molar-refractivity contribution in [2.24, 2.45) is 0 Å². The van der Waals surface area contributed by atoms with E-state index >= 15 is 0 Å². The van der Waals surface area contributed by atoms with E-state index in [-0.39, 0.29) is 0 Å². The number of aryl methyl sites for hydroxylation is 1. The molecule has 2 aliphatic rings. The molecule has 0 amide bonds. The van der Waals surface area contributed by atoms with Gasteiger partial charge in [-0.25, -0.2) is 0 Å². The highest BCUT2D eigenvalue weighted by atomic mass is 15.1. The van der Waals surface area contributed by atoms with Crippen molar-refractivity contribution in [1.29, 1.82) is 0 Å². The zero-order chi connectivity index (χ0) is 11.7. The Balaban J connectivity index is 1.96. The second-order valence-corrected chi connectivity index (χ2v) is 5.38. The number of rotatable bonds is 2. The molecule has 0 saturated carbocycles. The Labute approximate surface area is 104 Å². The maximum Gasteiger partial charge on any atom is 0.0160 e. The molecule has 1 aliphatic heterocycles. The molecule has 1 heteroatoms. The summed E-state index contributed by atoms with van der Waals surface area (Å²) in [6.45, 7) is 7.34. The molecule has 0 saturated heterocycles. The lowest BCUT2D eigenvalue weighted by Crippen LogP contribution is -2.29. The summed E-state index contributed by atoms with van der Waals surface area (Å²) in [7, 11) is 0. The van der Waals surface area contributed by atoms with Crippen LogP contribution in [0.25, 0.3) is 0 Å². The molecular formula is C16H21N. The first kappa shape index (κ1) is 11.0. The molecule has 0 bridgehead atoms. The van der Waals surface area contributed by atoms with Crippen LogP contribution in [0.1, 0.15) is 35.4 Å². The molecule has 0 aromatic heterocycles. The van der Waals surface area contributed by atoms with Gasteiger partial charge in [0.2, 0.25) is 0 Å². The van der Waals surface area contributed by atoms with Crippen LogP contribution in [-0.4, -0.2) is 24.5 Å². The van der Waals surface area contributed by atoms with E-state index in [0.29, 0.717) is 0 Å². The first-order valence-electron chi connectivity index (χ1n) is 6.82. The van der Waals surface area contributed by atoms with E-state index < -0.39 is 0 Å². The molecule has 17 heavy (non-hydrogen) atoms. The third-order valence-electron chi connectivity index (χ3n) is 4.26. The second-order valence-electron chi connectivity index (χ2n) is 5.38. The lowest BCUT2D eigenvalue weighted by molar-refractivity contribution is 0.286. The fourth-order valence-corrected chi connectivity index (χ4v) is 3.52. The molecule has 0 unspecified atom stereocenters. The van der Waals surface area contributed by atoms with E-state index in [1.807, 2.05) is 6.08 Å². The average molecular weight is 227 g/mol. The van der Waals surface area contributed by atoms with Gasteiger partial charge in [-0.2, -0.15) is 0 Å². The van der Waals surface area contributed by atoms with E-state index in [2.05, 4.69) is 29.7 Å². The molecule has 1 aromatic carbocycles. The third-order valence-corrected chi connectivity index (χ3v) is 4.26. The smallest absolute Gasteiger partial charge is 0.0160 e. The van der Waals surface area contributed by atoms with Crippen molar-refractivity contribution in [2.45, 2.75) is 31.6 Å². The summed E-state index contributed by atoms with van der Waals surface area (Å²) in [5, 5.41) is 0. The molecule has 1 aromatic rings. The molecule has 0 spiro atoms. The van der Waals surface area contributed by atoms with Crippen LogP contribution in [0.15, 0.2) is 30.9 Å². The van der Waals surface area contributed by atoms with E-state index in [1.54, 1.807) is 16.7 Å². The highest BCUT2D eigenvalue weighted by Gasteiger charge is 2.27. The summed E-state index contributed by atoms with van der Waals surface area (Å²) in [6.07, 6.45) is 7.29. The van der Waals surface area contributed by atoms with Gasteiger partial charge >= 0.3 is 0 Å². The molecule has 1 nitrogen and oxygen atoms in total. The van der Waals surface area contributed by atoms with Crippen LogP contribution in [-0.2, 0) is 12.8 Å². The van der Waals surface area contributed by atoms with Gasteiger partial charge in [0.25, 0.3) is 0 Å². The highest BCUT2D eigenvalue weighted by molar-refractivity contribution is 5.41. The molecule has 0 N–H and O–H groups in total. The van der Waals surface area contributed by atoms with Crippen LogP contribution in [0.3, 0.4) is 0 Å². The van der Waals surface area contributed by atoms with Gasteiger partial charge in [0, 0.05) is 19.6 Å². The molecule has 1 aliphatic carbocycles. The van der Waals surface area contributed by atoms with Gasteiger partial charge < -0.3 is 0 Å². The van der Waals surface area contributed by atoms with Crippen LogP contribution in [0, 0.1) is 0 Å². The summed E-state index contributed by atoms with van der Waals surface area (Å²) < 4.78 is 0. The quantitative estimate of drug-likeness (QED) is 0.702. The van der Waals surface area contributed by atoms with Gasteiger partial charge in [0.05, 0.1) is 0 Å². The molecule has 3 rings (SSSR count). The topological polar surface area (TPSA) is 3.24 Å². The molecular weight excluding hydrogens is 206 g/mol. The van der Waals surface area contributed by atoms with Crippen LogP contribution in [0.2, 0.25) is 0 Å². The fraction of sp³-hybridized carbons (Fsp3) is 0.500. The standard InChI is InChI=1S/C16H21N/c1-2-10-17-11-9-14-7-3-5-13-6-4-8-15(12-17)16(13)14/h2-3,5,7,15H,1,4,6,8-12H2/t15-/m1/s1. The van der Waals surface area contributed by atoms with Crippen LogP contribution in [0.4, 0.5) is 0 Å². The van der Waals surface area contributed by atoms with Crippen molar-refractivity contribution >= 4 is 0 Å². The summed E-state index contributed by atoms with van der Waals surface area (Å²) in [6, 6.07) is 6.93. The van der Waals surface area contributed by atoms with Gasteiger partial charge in [-0.3, -0.25) is 4.90 Å². The van der Waals surface area contributed by atoms with Gasteiger partial charge in [0.1, 0.15) is 0 Å². The van der Waals surface area contributed by atoms with Gasteiger partial charge in [-0.05, 0) is 48.3 Å². The number of nitrogens with zero attached hydrogens (tertiary/aromatic N) is 1. The minimum atomic E-state index is 0.775. The van der Waals surface area contributed by atoms with Crippen LogP contribution < -0.4 is 0 Å². The van der Waals surface area contributed by atoms with E-state index in [1.165, 1.54) is 38.8 Å². The first-order valence-corrected chi connectivity index (χ1v) is 6.82. The van der Waals surface area contributed by atoms with Crippen molar-refractivity contribution < 1.29 is 0 Å². The minimum absolute atomic E-state index is 0.775. The van der Waals surface area contributed by atoms with Crippen molar-refractivity contribution in [1.82, 2.24) is 4.90 Å². The Morgan fingerprint density at radius 1 is 1.29 bits per heavy atom. The lowest BCUT2D eigenvalue weighted by Gasteiger charge is -2.28. The number of hydrogen-bond donors (Lipinski definition) is 0. The summed E-state index contributed by atoms with van der Waals surface area (Å²) in [5.41, 5.74) is 4.93. The summed E-state index contributed by atoms with van der Waals surface area (Å²) in [4.78, 5) is 2.56. The normalized spacial score (nSPS) is 23.9. The molecule has 1 atom stereocenters. The molecule has 90 valence electrons. The number of benzene rings is 1. The van der Waals surface area contributed by atoms with Crippen LogP contribution >= 0.6 is 0 Å². The molecule has 1 heterocycles. The van der Waals surface area contributed by atoms with Gasteiger partial charge in [-0.15, -0.1) is 6.58 Å². The maximum atomic E-state index is 3.88. The Hall–Kier alpha value is -1.08. The Morgan fingerprint density at radius 2 is 2.12 bits per heavy atom. The zero-order valence-corrected chi connectivity index (χ0v) is 10.5.